The number of hydrogen-bond donors (Lipinski definition) is 9. The number of halogens is 1. The van der Waals surface area contributed by atoms with Gasteiger partial charge in [0.05, 0.1) is 0 Å². The van der Waals surface area contributed by atoms with Gasteiger partial charge in [0.25, 0.3) is 5.91 Å². The van der Waals surface area contributed by atoms with Crippen LogP contribution >= 0.6 is 0 Å². The van der Waals surface area contributed by atoms with E-state index in [4.69, 9.17) is 0 Å². The summed E-state index contributed by atoms with van der Waals surface area (Å²) in [6.07, 6.45) is 7.13. The fourth-order valence-electron chi connectivity index (χ4n) is 9.55. The zero-order valence-electron chi connectivity index (χ0n) is 52.2. The lowest BCUT2D eigenvalue weighted by Gasteiger charge is -2.34. The second-order valence-corrected chi connectivity index (χ2v) is 25.4. The first-order valence-corrected chi connectivity index (χ1v) is 29.6. The molecule has 1 aromatic carbocycles. The van der Waals surface area contributed by atoms with Crippen LogP contribution in [-0.4, -0.2) is 155 Å². The average Bonchev–Trinajstić information content (AvgIpc) is 4.01. The van der Waals surface area contributed by atoms with E-state index in [0.717, 1.165) is 32.1 Å². The second kappa shape index (κ2) is 33.8. The van der Waals surface area contributed by atoms with Gasteiger partial charge in [-0.1, -0.05) is 87.0 Å². The van der Waals surface area contributed by atoms with E-state index in [0.29, 0.717) is 32.4 Å². The first-order valence-electron chi connectivity index (χ1n) is 29.6. The molecule has 2 rings (SSSR count). The van der Waals surface area contributed by atoms with Crippen molar-refractivity contribution in [1.82, 2.24) is 57.7 Å². The number of carbonyl (C=O) groups excluding carboxylic acids is 10. The minimum atomic E-state index is -1.66. The summed E-state index contributed by atoms with van der Waals surface area (Å²) >= 11 is 0. The normalized spacial score (nSPS) is 15.7. The van der Waals surface area contributed by atoms with Crippen molar-refractivity contribution in [1.29, 1.82) is 0 Å². The summed E-state index contributed by atoms with van der Waals surface area (Å²) < 4.78 is 13.7. The van der Waals surface area contributed by atoms with E-state index < -0.39 is 106 Å². The van der Waals surface area contributed by atoms with Gasteiger partial charge in [-0.3, -0.25) is 47.9 Å². The van der Waals surface area contributed by atoms with E-state index in [1.54, 1.807) is 0 Å². The van der Waals surface area contributed by atoms with E-state index in [9.17, 15) is 52.3 Å². The molecule has 1 heterocycles. The van der Waals surface area contributed by atoms with Gasteiger partial charge in [-0.2, -0.15) is 0 Å². The van der Waals surface area contributed by atoms with Crippen molar-refractivity contribution in [2.45, 2.75) is 233 Å². The van der Waals surface area contributed by atoms with Crippen molar-refractivity contribution >= 4 is 59.1 Å². The first-order chi connectivity index (χ1) is 38.1. The molecule has 9 N–H and O–H groups in total. The topological polar surface area (TPSA) is 285 Å². The Morgan fingerprint density at radius 3 is 1.57 bits per heavy atom. The largest absolute Gasteiger partial charge is 0.354 e. The van der Waals surface area contributed by atoms with E-state index in [2.05, 4.69) is 54.8 Å². The highest BCUT2D eigenvalue weighted by atomic mass is 19.1. The lowest BCUT2D eigenvalue weighted by molar-refractivity contribution is -0.139. The van der Waals surface area contributed by atoms with Crippen LogP contribution in [-0.2, 0) is 43.2 Å². The van der Waals surface area contributed by atoms with Gasteiger partial charge in [0.2, 0.25) is 53.2 Å². The first kappa shape index (κ1) is 71.9. The smallest absolute Gasteiger partial charge is 0.254 e. The predicted molar refractivity (Wildman–Crippen MR) is 315 cm³/mol. The maximum atomic E-state index is 14.3. The van der Waals surface area contributed by atoms with Crippen LogP contribution in [0.25, 0.3) is 0 Å². The second-order valence-electron chi connectivity index (χ2n) is 25.4. The van der Waals surface area contributed by atoms with Gasteiger partial charge in [-0.05, 0) is 143 Å². The van der Waals surface area contributed by atoms with E-state index >= 15 is 0 Å². The fraction of sp³-hybridized carbons (Fsp3) is 0.733. The molecular weight excluding hydrogens is 1050 g/mol. The third-order valence-electron chi connectivity index (χ3n) is 14.1. The quantitative estimate of drug-likeness (QED) is 0.0426. The Labute approximate surface area is 487 Å². The molecule has 6 atom stereocenters. The SMILES string of the molecule is CCCCCCCC[C@H](NC(=O)[C@@H]1CCCN1C(=O)c1ccc(F)cc1)C(=O)N[C@@H](CC(C)C)C(=O)NC(C)(C)C(=O)N[C@@H](CC(C)C)C(=O)N[C@@H](CC(C)C)C(=O)NC(C)(C)C(=O)NC(C)(C)C(=O)NCCC(=O)N[C@@H](C)CN(C)C. The number of benzene rings is 1. The van der Waals surface area contributed by atoms with Crippen LogP contribution in [0.5, 0.6) is 0 Å². The lowest BCUT2D eigenvalue weighted by Crippen LogP contribution is -2.65. The van der Waals surface area contributed by atoms with Gasteiger partial charge >= 0.3 is 0 Å². The molecule has 0 aromatic heterocycles. The number of hydrogen-bond acceptors (Lipinski definition) is 11. The summed E-state index contributed by atoms with van der Waals surface area (Å²) in [5.41, 5.74) is -4.47. The molecule has 0 saturated carbocycles. The van der Waals surface area contributed by atoms with Crippen molar-refractivity contribution in [3.8, 4) is 0 Å². The molecule has 0 bridgehead atoms. The maximum Gasteiger partial charge on any atom is 0.254 e. The molecule has 82 heavy (non-hydrogen) atoms. The molecule has 10 amide bonds. The summed E-state index contributed by atoms with van der Waals surface area (Å²) in [6.45, 7) is 24.9. The van der Waals surface area contributed by atoms with E-state index in [1.165, 1.54) is 70.7 Å². The molecule has 0 radical (unpaired) electrons. The summed E-state index contributed by atoms with van der Waals surface area (Å²) in [5, 5.41) is 25.0. The molecule has 1 fully saturated rings. The number of rotatable bonds is 35. The average molecular weight is 1160 g/mol. The maximum absolute atomic E-state index is 14.3. The Morgan fingerprint density at radius 1 is 0.585 bits per heavy atom. The van der Waals surface area contributed by atoms with Gasteiger partial charge in [0.15, 0.2) is 0 Å². The molecule has 0 unspecified atom stereocenters. The van der Waals surface area contributed by atoms with Crippen molar-refractivity contribution in [3.63, 3.8) is 0 Å². The van der Waals surface area contributed by atoms with Crippen LogP contribution < -0.4 is 47.9 Å². The molecule has 1 saturated heterocycles. The Bertz CT molecular complexity index is 2310. The number of amides is 10. The highest BCUT2D eigenvalue weighted by Crippen LogP contribution is 2.22. The minimum Gasteiger partial charge on any atom is -0.354 e. The van der Waals surface area contributed by atoms with Gasteiger partial charge in [0, 0.05) is 37.7 Å². The van der Waals surface area contributed by atoms with Crippen LogP contribution in [0.4, 0.5) is 4.39 Å². The number of nitrogens with one attached hydrogen (secondary N) is 9. The summed E-state index contributed by atoms with van der Waals surface area (Å²) in [5.74, 6) is -6.70. The monoisotopic (exact) mass is 1160 g/mol. The molecule has 0 aliphatic carbocycles. The molecule has 22 heteroatoms. The summed E-state index contributed by atoms with van der Waals surface area (Å²) in [4.78, 5) is 141. The van der Waals surface area contributed by atoms with E-state index in [-0.39, 0.29) is 73.9 Å². The van der Waals surface area contributed by atoms with Crippen molar-refractivity contribution in [2.75, 3.05) is 33.7 Å². The van der Waals surface area contributed by atoms with Crippen molar-refractivity contribution < 1.29 is 52.3 Å². The van der Waals surface area contributed by atoms with E-state index in [1.807, 2.05) is 67.5 Å². The van der Waals surface area contributed by atoms with Crippen LogP contribution in [0.2, 0.25) is 0 Å². The summed E-state index contributed by atoms with van der Waals surface area (Å²) in [7, 11) is 3.79. The lowest BCUT2D eigenvalue weighted by atomic mass is 9.96. The van der Waals surface area contributed by atoms with Crippen LogP contribution in [0.1, 0.15) is 191 Å². The molecular formula is C60H102FN11O10. The van der Waals surface area contributed by atoms with Crippen LogP contribution in [0, 0.1) is 23.6 Å². The van der Waals surface area contributed by atoms with Gasteiger partial charge in [-0.15, -0.1) is 0 Å². The highest BCUT2D eigenvalue weighted by molar-refractivity contribution is 6.01. The molecule has 1 aromatic rings. The zero-order chi connectivity index (χ0) is 62.3. The Balaban J connectivity index is 2.25. The Morgan fingerprint density at radius 2 is 1.06 bits per heavy atom. The predicted octanol–water partition coefficient (Wildman–Crippen LogP) is 4.52. The number of unbranched alkanes of at least 4 members (excludes halogenated alkanes) is 5. The number of nitrogens with zero attached hydrogens (tertiary/aromatic N) is 2. The third kappa shape index (κ3) is 25.1. The minimum absolute atomic E-state index is 0.0234. The Hall–Kier alpha value is -6.19. The fourth-order valence-corrected chi connectivity index (χ4v) is 9.55. The Kier molecular flexibility index (Phi) is 29.6. The number of likely N-dealkylation sites (tertiary alicyclic amines) is 1. The molecule has 1 aliphatic rings. The zero-order valence-corrected chi connectivity index (χ0v) is 52.2. The van der Waals surface area contributed by atoms with Crippen molar-refractivity contribution in [3.05, 3.63) is 35.6 Å². The summed E-state index contributed by atoms with van der Waals surface area (Å²) in [6, 6.07) is -0.459. The van der Waals surface area contributed by atoms with Crippen LogP contribution in [0.3, 0.4) is 0 Å². The van der Waals surface area contributed by atoms with Gasteiger partial charge in [0.1, 0.15) is 52.6 Å². The molecule has 464 valence electrons. The number of carbonyl (C=O) groups is 10. The highest BCUT2D eigenvalue weighted by Gasteiger charge is 2.41. The van der Waals surface area contributed by atoms with Crippen molar-refractivity contribution in [2.24, 2.45) is 17.8 Å². The molecule has 0 spiro atoms. The standard InChI is InChI=1S/C60H102FN11O10/c1-17-18-19-20-21-22-24-43(64-53(78)47-25-23-32-72(47)54(79)41-26-28-42(61)29-27-41)49(74)65-45(34-38(4)5)51(76)68-59(11,12)56(81)67-44(33-37(2)3)50(75)66-46(35-39(6)7)52(77)69-60(13,14)57(82)70-58(9,10)55(80)62-31-30-48(73)63-40(8)36-71(15)16/h26-29,37-40,43-47H,17-25,30-36H2,1-16H3,(H,62,80)(H,63,73)(H,64,78)(H,65,74)(H,66,75)(H,67,81)(H,68,76)(H,69,77)(H,70,82)/t40-,43-,44-,45-,46-,47-/m0/s1. The third-order valence-corrected chi connectivity index (χ3v) is 14.1. The number of likely N-dealkylation sites (N-methyl/N-ethyl adjacent to an activating group) is 1. The molecule has 1 aliphatic heterocycles. The van der Waals surface area contributed by atoms with Gasteiger partial charge < -0.3 is 57.7 Å². The van der Waals surface area contributed by atoms with Crippen LogP contribution in [0.15, 0.2) is 24.3 Å². The molecule has 21 nitrogen and oxygen atoms in total. The van der Waals surface area contributed by atoms with Gasteiger partial charge in [-0.25, -0.2) is 4.39 Å².